The normalized spacial score (nSPS) is 14.9. The molecule has 2 N–H and O–H groups in total. The summed E-state index contributed by atoms with van der Waals surface area (Å²) in [6, 6.07) is 0. The topological polar surface area (TPSA) is 75.4 Å². The molecule has 6 heteroatoms. The molecule has 0 bridgehead atoms. The highest BCUT2D eigenvalue weighted by Crippen LogP contribution is 2.10. The van der Waals surface area contributed by atoms with E-state index in [1.807, 2.05) is 11.9 Å². The van der Waals surface area contributed by atoms with Crippen LogP contribution in [0.25, 0.3) is 0 Å². The lowest BCUT2D eigenvalue weighted by Crippen LogP contribution is -2.37. The van der Waals surface area contributed by atoms with E-state index in [0.29, 0.717) is 19.0 Å². The lowest BCUT2D eigenvalue weighted by molar-refractivity contribution is -0.128. The number of anilines is 1. The van der Waals surface area contributed by atoms with E-state index in [9.17, 15) is 4.79 Å². The van der Waals surface area contributed by atoms with Crippen molar-refractivity contribution in [3.8, 4) is 0 Å². The van der Waals surface area contributed by atoms with Gasteiger partial charge >= 0.3 is 0 Å². The summed E-state index contributed by atoms with van der Waals surface area (Å²) in [7, 11) is 1.82. The molecule has 2 rings (SSSR count). The molecule has 1 amide bonds. The first-order chi connectivity index (χ1) is 8.70. The molecule has 0 aliphatic carbocycles. The first-order valence-electron chi connectivity index (χ1n) is 6.20. The van der Waals surface area contributed by atoms with Gasteiger partial charge in [0.15, 0.2) is 0 Å². The van der Waals surface area contributed by atoms with E-state index in [0.717, 1.165) is 31.5 Å². The molecule has 0 radical (unpaired) electrons. The number of carbonyl (C=O) groups is 1. The minimum atomic E-state index is 0.140. The number of aromatic nitrogens is 2. The van der Waals surface area contributed by atoms with Gasteiger partial charge in [0.05, 0.1) is 6.54 Å². The Morgan fingerprint density at radius 3 is 2.56 bits per heavy atom. The maximum absolute atomic E-state index is 12.0. The fourth-order valence-corrected chi connectivity index (χ4v) is 1.99. The van der Waals surface area contributed by atoms with Crippen LogP contribution < -0.4 is 10.6 Å². The number of carbonyl (C=O) groups excluding carboxylic acids is 1. The number of hydrogen-bond acceptors (Lipinski definition) is 5. The average molecular weight is 249 g/mol. The molecule has 0 unspecified atom stereocenters. The molecule has 6 nitrogen and oxygen atoms in total. The molecule has 1 saturated heterocycles. The number of likely N-dealkylation sites (N-methyl/N-ethyl adjacent to an activating group) is 1. The quantitative estimate of drug-likeness (QED) is 0.812. The van der Waals surface area contributed by atoms with Gasteiger partial charge in [0.1, 0.15) is 0 Å². The lowest BCUT2D eigenvalue weighted by atomic mass is 10.3. The third-order valence-electron chi connectivity index (χ3n) is 3.10. The Bertz CT molecular complexity index is 399. The Morgan fingerprint density at radius 2 is 2.00 bits per heavy atom. The Morgan fingerprint density at radius 1 is 1.39 bits per heavy atom. The zero-order valence-corrected chi connectivity index (χ0v) is 10.7. The molecule has 98 valence electrons. The third kappa shape index (κ3) is 2.95. The minimum absolute atomic E-state index is 0.140. The SMILES string of the molecule is CN(CC(=O)N1CCCC1)c1ncc(CN)cn1. The maximum atomic E-state index is 12.0. The van der Waals surface area contributed by atoms with E-state index in [1.165, 1.54) is 0 Å². The highest BCUT2D eigenvalue weighted by molar-refractivity contribution is 5.81. The van der Waals surface area contributed by atoms with Gasteiger partial charge in [-0.3, -0.25) is 4.79 Å². The van der Waals surface area contributed by atoms with E-state index in [4.69, 9.17) is 5.73 Å². The van der Waals surface area contributed by atoms with Crippen LogP contribution in [-0.4, -0.2) is 47.5 Å². The van der Waals surface area contributed by atoms with E-state index < -0.39 is 0 Å². The van der Waals surface area contributed by atoms with Gasteiger partial charge in [-0.1, -0.05) is 0 Å². The maximum Gasteiger partial charge on any atom is 0.242 e. The molecule has 0 aromatic carbocycles. The Labute approximate surface area is 107 Å². The average Bonchev–Trinajstić information content (AvgIpc) is 2.92. The summed E-state index contributed by atoms with van der Waals surface area (Å²) in [5, 5.41) is 0. The van der Waals surface area contributed by atoms with Crippen LogP contribution in [0.15, 0.2) is 12.4 Å². The second kappa shape index (κ2) is 5.77. The van der Waals surface area contributed by atoms with Crippen molar-refractivity contribution in [2.75, 3.05) is 31.6 Å². The predicted octanol–water partition coefficient (Wildman–Crippen LogP) is -0.00610. The molecule has 0 atom stereocenters. The van der Waals surface area contributed by atoms with Crippen molar-refractivity contribution in [3.63, 3.8) is 0 Å². The molecular formula is C12H19N5O. The second-order valence-electron chi connectivity index (χ2n) is 4.54. The van der Waals surface area contributed by atoms with Crippen LogP contribution in [0.1, 0.15) is 18.4 Å². The Kier molecular flexibility index (Phi) is 4.09. The Balaban J connectivity index is 1.93. The van der Waals surface area contributed by atoms with Crippen molar-refractivity contribution < 1.29 is 4.79 Å². The van der Waals surface area contributed by atoms with Gasteiger partial charge in [0, 0.05) is 44.6 Å². The Hall–Kier alpha value is -1.69. The third-order valence-corrected chi connectivity index (χ3v) is 3.10. The molecule has 1 fully saturated rings. The fraction of sp³-hybridized carbons (Fsp3) is 0.583. The summed E-state index contributed by atoms with van der Waals surface area (Å²) in [5.41, 5.74) is 6.37. The van der Waals surface area contributed by atoms with Crippen LogP contribution in [-0.2, 0) is 11.3 Å². The number of rotatable bonds is 4. The summed E-state index contributed by atoms with van der Waals surface area (Å²) >= 11 is 0. The fourth-order valence-electron chi connectivity index (χ4n) is 1.99. The van der Waals surface area contributed by atoms with Crippen molar-refractivity contribution >= 4 is 11.9 Å². The first kappa shape index (κ1) is 12.8. The minimum Gasteiger partial charge on any atom is -0.341 e. The number of hydrogen-bond donors (Lipinski definition) is 1. The largest absolute Gasteiger partial charge is 0.341 e. The van der Waals surface area contributed by atoms with Crippen molar-refractivity contribution in [2.24, 2.45) is 5.73 Å². The van der Waals surface area contributed by atoms with Crippen LogP contribution in [0, 0.1) is 0 Å². The highest BCUT2D eigenvalue weighted by atomic mass is 16.2. The molecule has 18 heavy (non-hydrogen) atoms. The van der Waals surface area contributed by atoms with Crippen LogP contribution in [0.3, 0.4) is 0 Å². The zero-order valence-electron chi connectivity index (χ0n) is 10.7. The van der Waals surface area contributed by atoms with Gasteiger partial charge in [0.2, 0.25) is 11.9 Å². The molecular weight excluding hydrogens is 230 g/mol. The van der Waals surface area contributed by atoms with Crippen LogP contribution in [0.4, 0.5) is 5.95 Å². The monoisotopic (exact) mass is 249 g/mol. The zero-order chi connectivity index (χ0) is 13.0. The number of amides is 1. The van der Waals surface area contributed by atoms with Crippen molar-refractivity contribution in [1.82, 2.24) is 14.9 Å². The number of nitrogens with zero attached hydrogens (tertiary/aromatic N) is 4. The molecule has 1 aliphatic rings. The molecule has 1 aromatic heterocycles. The predicted molar refractivity (Wildman–Crippen MR) is 69.0 cm³/mol. The first-order valence-corrected chi connectivity index (χ1v) is 6.20. The van der Waals surface area contributed by atoms with E-state index in [1.54, 1.807) is 17.3 Å². The van der Waals surface area contributed by atoms with Crippen molar-refractivity contribution in [2.45, 2.75) is 19.4 Å². The number of likely N-dealkylation sites (tertiary alicyclic amines) is 1. The van der Waals surface area contributed by atoms with Gasteiger partial charge in [-0.25, -0.2) is 9.97 Å². The highest BCUT2D eigenvalue weighted by Gasteiger charge is 2.19. The van der Waals surface area contributed by atoms with Gasteiger partial charge in [-0.05, 0) is 12.8 Å². The van der Waals surface area contributed by atoms with E-state index in [2.05, 4.69) is 9.97 Å². The molecule has 0 saturated carbocycles. The summed E-state index contributed by atoms with van der Waals surface area (Å²) in [6.45, 7) is 2.50. The summed E-state index contributed by atoms with van der Waals surface area (Å²) in [6.07, 6.45) is 5.60. The summed E-state index contributed by atoms with van der Waals surface area (Å²) in [4.78, 5) is 24.0. The molecule has 0 spiro atoms. The molecule has 1 aromatic rings. The van der Waals surface area contributed by atoms with E-state index in [-0.39, 0.29) is 5.91 Å². The standard InChI is InChI=1S/C12H19N5O/c1-16(9-11(18)17-4-2-3-5-17)12-14-7-10(6-13)8-15-12/h7-8H,2-6,9,13H2,1H3. The van der Waals surface area contributed by atoms with Crippen molar-refractivity contribution in [3.05, 3.63) is 18.0 Å². The van der Waals surface area contributed by atoms with Gasteiger partial charge in [-0.15, -0.1) is 0 Å². The van der Waals surface area contributed by atoms with Gasteiger partial charge in [0.25, 0.3) is 0 Å². The van der Waals surface area contributed by atoms with Crippen LogP contribution in [0.2, 0.25) is 0 Å². The van der Waals surface area contributed by atoms with E-state index >= 15 is 0 Å². The van der Waals surface area contributed by atoms with Gasteiger partial charge in [-0.2, -0.15) is 0 Å². The summed E-state index contributed by atoms with van der Waals surface area (Å²) < 4.78 is 0. The van der Waals surface area contributed by atoms with Crippen molar-refractivity contribution in [1.29, 1.82) is 0 Å². The lowest BCUT2D eigenvalue weighted by Gasteiger charge is -2.21. The smallest absolute Gasteiger partial charge is 0.242 e. The van der Waals surface area contributed by atoms with Gasteiger partial charge < -0.3 is 15.5 Å². The van der Waals surface area contributed by atoms with Crippen LogP contribution in [0.5, 0.6) is 0 Å². The molecule has 1 aliphatic heterocycles. The second-order valence-corrected chi connectivity index (χ2v) is 4.54. The van der Waals surface area contributed by atoms with Crippen LogP contribution >= 0.6 is 0 Å². The number of nitrogens with two attached hydrogens (primary N) is 1. The summed E-state index contributed by atoms with van der Waals surface area (Å²) in [5.74, 6) is 0.696. The molecule has 2 heterocycles.